The first-order valence-electron chi connectivity index (χ1n) is 13.5. The molecule has 2 saturated heterocycles. The highest BCUT2D eigenvalue weighted by molar-refractivity contribution is 9.10. The monoisotopic (exact) mass is 655 g/mol. The minimum Gasteiger partial charge on any atom is -0.490 e. The molecule has 41 heavy (non-hydrogen) atoms. The highest BCUT2D eigenvalue weighted by Gasteiger charge is 2.61. The van der Waals surface area contributed by atoms with Crippen LogP contribution in [0.3, 0.4) is 0 Å². The fourth-order valence-electron chi connectivity index (χ4n) is 6.59. The molecule has 0 aliphatic carbocycles. The van der Waals surface area contributed by atoms with Crippen LogP contribution in [0.25, 0.3) is 0 Å². The lowest BCUT2D eigenvalue weighted by Gasteiger charge is -2.47. The van der Waals surface area contributed by atoms with Gasteiger partial charge in [0.25, 0.3) is 0 Å². The largest absolute Gasteiger partial charge is 0.490 e. The van der Waals surface area contributed by atoms with Crippen LogP contribution < -0.4 is 15.4 Å². The molecule has 2 N–H and O–H groups in total. The summed E-state index contributed by atoms with van der Waals surface area (Å²) < 4.78 is 7.37. The zero-order chi connectivity index (χ0) is 28.9. The Labute approximate surface area is 256 Å². The molecule has 6 rings (SSSR count). The van der Waals surface area contributed by atoms with Crippen LogP contribution in [0.5, 0.6) is 5.75 Å². The predicted octanol–water partition coefficient (Wildman–Crippen LogP) is 6.38. The number of fused-ring (bicyclic) bond motifs is 2. The van der Waals surface area contributed by atoms with E-state index >= 15 is 0 Å². The van der Waals surface area contributed by atoms with Crippen LogP contribution in [0.2, 0.25) is 10.0 Å². The average molecular weight is 657 g/mol. The molecule has 7 nitrogen and oxygen atoms in total. The molecule has 3 aliphatic rings. The first kappa shape index (κ1) is 28.1. The molecule has 10 heteroatoms. The van der Waals surface area contributed by atoms with Crippen molar-refractivity contribution in [2.24, 2.45) is 0 Å². The number of likely N-dealkylation sites (tertiary alicyclic amines) is 1. The Morgan fingerprint density at radius 1 is 1.02 bits per heavy atom. The molecule has 3 aliphatic heterocycles. The third-order valence-electron chi connectivity index (χ3n) is 8.47. The van der Waals surface area contributed by atoms with E-state index < -0.39 is 17.4 Å². The van der Waals surface area contributed by atoms with Crippen LogP contribution in [0.1, 0.15) is 54.8 Å². The van der Waals surface area contributed by atoms with Gasteiger partial charge in [0.15, 0.2) is 0 Å². The first-order valence-corrected chi connectivity index (χ1v) is 15.1. The summed E-state index contributed by atoms with van der Waals surface area (Å²) >= 11 is 16.4. The summed E-state index contributed by atoms with van der Waals surface area (Å²) in [4.78, 5) is 41.4. The number of amides is 3. The van der Waals surface area contributed by atoms with Gasteiger partial charge < -0.3 is 20.3 Å². The predicted molar refractivity (Wildman–Crippen MR) is 161 cm³/mol. The number of rotatable bonds is 4. The molecule has 3 aromatic carbocycles. The van der Waals surface area contributed by atoms with E-state index in [1.165, 1.54) is 0 Å². The number of halogens is 3. The van der Waals surface area contributed by atoms with Gasteiger partial charge in [0, 0.05) is 71.0 Å². The van der Waals surface area contributed by atoms with Crippen molar-refractivity contribution in [3.63, 3.8) is 0 Å². The van der Waals surface area contributed by atoms with E-state index in [-0.39, 0.29) is 30.2 Å². The van der Waals surface area contributed by atoms with Crippen molar-refractivity contribution in [1.29, 1.82) is 0 Å². The molecule has 2 fully saturated rings. The number of ether oxygens (including phenoxy) is 1. The summed E-state index contributed by atoms with van der Waals surface area (Å²) in [7, 11) is 0. The Bertz CT molecular complexity index is 1560. The Kier molecular flexibility index (Phi) is 7.51. The van der Waals surface area contributed by atoms with Gasteiger partial charge in [0.1, 0.15) is 17.3 Å². The van der Waals surface area contributed by atoms with Gasteiger partial charge in [-0.25, -0.2) is 0 Å². The molecule has 212 valence electrons. The standard InChI is InChI=1S/C31H28BrCl2N3O4/c1-17(38)37-11-9-22(10-12-37)41-27-8-5-19(32)14-23(27)29-31(24-7-6-21(34)15-26(24)35-30(31)40)25(16-28(39)36-29)18-3-2-4-20(33)13-18/h2-8,13-15,22,25,29H,9-12,16H2,1H3,(H,35,40)(H,36,39)/t25-,29+,31-/m0/s1. The van der Waals surface area contributed by atoms with Gasteiger partial charge in [0.2, 0.25) is 17.7 Å². The number of carbonyl (C=O) groups is 3. The summed E-state index contributed by atoms with van der Waals surface area (Å²) in [5.41, 5.74) is 1.64. The van der Waals surface area contributed by atoms with Gasteiger partial charge in [-0.05, 0) is 53.6 Å². The van der Waals surface area contributed by atoms with E-state index in [1.54, 1.807) is 25.1 Å². The van der Waals surface area contributed by atoms with E-state index in [4.69, 9.17) is 27.9 Å². The molecule has 0 unspecified atom stereocenters. The summed E-state index contributed by atoms with van der Waals surface area (Å²) in [6.45, 7) is 2.81. The van der Waals surface area contributed by atoms with Crippen LogP contribution in [-0.4, -0.2) is 41.8 Å². The Hall–Kier alpha value is -3.07. The summed E-state index contributed by atoms with van der Waals surface area (Å²) in [6, 6.07) is 17.6. The van der Waals surface area contributed by atoms with Gasteiger partial charge in [-0.1, -0.05) is 57.3 Å². The van der Waals surface area contributed by atoms with Crippen LogP contribution in [0.15, 0.2) is 65.1 Å². The summed E-state index contributed by atoms with van der Waals surface area (Å²) in [5, 5.41) is 7.26. The smallest absolute Gasteiger partial charge is 0.238 e. The van der Waals surface area contributed by atoms with Gasteiger partial charge in [-0.2, -0.15) is 0 Å². The van der Waals surface area contributed by atoms with Crippen molar-refractivity contribution < 1.29 is 19.1 Å². The number of hydrogen-bond donors (Lipinski definition) is 2. The maximum Gasteiger partial charge on any atom is 0.238 e. The second kappa shape index (κ2) is 11.0. The van der Waals surface area contributed by atoms with Gasteiger partial charge in [0.05, 0.1) is 6.04 Å². The number of nitrogens with one attached hydrogen (secondary N) is 2. The van der Waals surface area contributed by atoms with Crippen molar-refractivity contribution in [3.8, 4) is 5.75 Å². The summed E-state index contributed by atoms with van der Waals surface area (Å²) in [5.74, 6) is -0.293. The molecule has 3 aromatic rings. The second-order valence-electron chi connectivity index (χ2n) is 10.8. The van der Waals surface area contributed by atoms with E-state index in [2.05, 4.69) is 26.6 Å². The second-order valence-corrected chi connectivity index (χ2v) is 12.6. The number of hydrogen-bond acceptors (Lipinski definition) is 4. The lowest BCUT2D eigenvalue weighted by molar-refractivity contribution is -0.132. The lowest BCUT2D eigenvalue weighted by atomic mass is 9.59. The molecular weight excluding hydrogens is 629 g/mol. The van der Waals surface area contributed by atoms with E-state index in [9.17, 15) is 14.4 Å². The maximum atomic E-state index is 14.3. The third kappa shape index (κ3) is 5.00. The minimum absolute atomic E-state index is 0.0534. The highest BCUT2D eigenvalue weighted by atomic mass is 79.9. The van der Waals surface area contributed by atoms with E-state index in [0.717, 1.165) is 15.6 Å². The Balaban J connectivity index is 1.50. The van der Waals surface area contributed by atoms with Crippen molar-refractivity contribution in [3.05, 3.63) is 91.9 Å². The Morgan fingerprint density at radius 2 is 1.78 bits per heavy atom. The topological polar surface area (TPSA) is 87.7 Å². The lowest BCUT2D eigenvalue weighted by Crippen LogP contribution is -2.57. The highest BCUT2D eigenvalue weighted by Crippen LogP contribution is 2.58. The van der Waals surface area contributed by atoms with Gasteiger partial charge >= 0.3 is 0 Å². The van der Waals surface area contributed by atoms with E-state index in [1.807, 2.05) is 47.4 Å². The molecule has 3 heterocycles. The SMILES string of the molecule is CC(=O)N1CCC(Oc2ccc(Br)cc2[C@H]2NC(=O)C[C@@H](c3cccc(Cl)c3)[C@]23C(=O)Nc2cc(Cl)ccc23)CC1. The van der Waals surface area contributed by atoms with Crippen LogP contribution in [0, 0.1) is 0 Å². The van der Waals surface area contributed by atoms with Crippen molar-refractivity contribution in [2.75, 3.05) is 18.4 Å². The zero-order valence-corrected chi connectivity index (χ0v) is 25.4. The van der Waals surface area contributed by atoms with Crippen molar-refractivity contribution in [2.45, 2.75) is 49.7 Å². The molecule has 0 bridgehead atoms. The molecule has 3 atom stereocenters. The van der Waals surface area contributed by atoms with Crippen molar-refractivity contribution >= 4 is 62.5 Å². The fourth-order valence-corrected chi connectivity index (χ4v) is 7.34. The number of anilines is 1. The van der Waals surface area contributed by atoms with E-state index in [0.29, 0.717) is 53.0 Å². The summed E-state index contributed by atoms with van der Waals surface area (Å²) in [6.07, 6.45) is 1.35. The van der Waals surface area contributed by atoms with Crippen molar-refractivity contribution in [1.82, 2.24) is 10.2 Å². The maximum absolute atomic E-state index is 14.3. The number of benzene rings is 3. The first-order chi connectivity index (χ1) is 19.7. The molecular formula is C31H28BrCl2N3O4. The fraction of sp³-hybridized carbons (Fsp3) is 0.323. The zero-order valence-electron chi connectivity index (χ0n) is 22.3. The molecule has 0 aromatic heterocycles. The van der Waals surface area contributed by atoms with Crippen LogP contribution >= 0.6 is 39.1 Å². The Morgan fingerprint density at radius 3 is 2.51 bits per heavy atom. The molecule has 0 radical (unpaired) electrons. The number of nitrogens with zero attached hydrogens (tertiary/aromatic N) is 1. The number of carbonyl (C=O) groups excluding carboxylic acids is 3. The molecule has 3 amide bonds. The minimum atomic E-state index is -1.21. The average Bonchev–Trinajstić information content (AvgIpc) is 3.22. The van der Waals surface area contributed by atoms with Gasteiger partial charge in [-0.3, -0.25) is 14.4 Å². The van der Waals surface area contributed by atoms with Gasteiger partial charge in [-0.15, -0.1) is 0 Å². The normalized spacial score (nSPS) is 24.1. The third-order valence-corrected chi connectivity index (χ3v) is 9.43. The number of piperidine rings is 2. The molecule has 1 spiro atoms. The van der Waals surface area contributed by atoms with Crippen LogP contribution in [-0.2, 0) is 19.8 Å². The molecule has 0 saturated carbocycles. The van der Waals surface area contributed by atoms with Crippen LogP contribution in [0.4, 0.5) is 5.69 Å². The quantitative estimate of drug-likeness (QED) is 0.341.